The number of nitrogens with one attached hydrogen (secondary N) is 1. The number of methoxy groups -OCH3 is 3. The van der Waals surface area contributed by atoms with E-state index in [1.165, 1.54) is 18.4 Å². The Labute approximate surface area is 182 Å². The minimum Gasteiger partial charge on any atom is -0.497 e. The number of benzene rings is 2. The van der Waals surface area contributed by atoms with Crippen molar-refractivity contribution in [1.82, 2.24) is 19.8 Å². The summed E-state index contributed by atoms with van der Waals surface area (Å²) in [6, 6.07) is 10.5. The number of amides is 1. The lowest BCUT2D eigenvalue weighted by atomic mass is 10.1. The van der Waals surface area contributed by atoms with Gasteiger partial charge in [0.15, 0.2) is 5.82 Å². The van der Waals surface area contributed by atoms with Crippen molar-refractivity contribution in [3.05, 3.63) is 47.8 Å². The van der Waals surface area contributed by atoms with Gasteiger partial charge in [0.25, 0.3) is 5.91 Å². The van der Waals surface area contributed by atoms with E-state index in [2.05, 4.69) is 20.6 Å². The average molecular weight is 439 g/mol. The van der Waals surface area contributed by atoms with Gasteiger partial charge in [-0.1, -0.05) is 18.3 Å². The number of fused-ring (bicyclic) bond motifs is 1. The first kappa shape index (κ1) is 20.6. The largest absolute Gasteiger partial charge is 0.497 e. The summed E-state index contributed by atoms with van der Waals surface area (Å²) in [7, 11) is 4.61. The van der Waals surface area contributed by atoms with Gasteiger partial charge in [0.1, 0.15) is 22.3 Å². The van der Waals surface area contributed by atoms with Crippen LogP contribution in [0.15, 0.2) is 36.4 Å². The number of nitrogens with zero attached hydrogens (tertiary/aromatic N) is 4. The Hall–Kier alpha value is -3.66. The number of carbonyl (C=O) groups is 1. The van der Waals surface area contributed by atoms with Crippen LogP contribution in [0.2, 0.25) is 0 Å². The first-order valence-electron chi connectivity index (χ1n) is 9.50. The van der Waals surface area contributed by atoms with E-state index in [0.29, 0.717) is 28.5 Å². The van der Waals surface area contributed by atoms with E-state index in [0.717, 1.165) is 27.8 Å². The molecule has 1 N–H and O–H groups in total. The van der Waals surface area contributed by atoms with Crippen LogP contribution in [0, 0.1) is 0 Å². The molecule has 1 amide bonds. The molecule has 0 atom stereocenters. The molecule has 2 aromatic carbocycles. The molecule has 4 aromatic rings. The molecule has 0 spiro atoms. The first-order chi connectivity index (χ1) is 15.1. The molecule has 0 unspecified atom stereocenters. The molecule has 0 fully saturated rings. The Kier molecular flexibility index (Phi) is 5.72. The zero-order valence-electron chi connectivity index (χ0n) is 17.5. The van der Waals surface area contributed by atoms with Crippen molar-refractivity contribution in [3.8, 4) is 27.8 Å². The molecule has 4 rings (SSSR count). The van der Waals surface area contributed by atoms with Gasteiger partial charge in [0.2, 0.25) is 4.96 Å². The lowest BCUT2D eigenvalue weighted by Crippen LogP contribution is -2.14. The highest BCUT2D eigenvalue weighted by atomic mass is 32.1. The number of ether oxygens (including phenoxy) is 3. The summed E-state index contributed by atoms with van der Waals surface area (Å²) >= 11 is 1.42. The summed E-state index contributed by atoms with van der Waals surface area (Å²) in [4.78, 5) is 13.7. The second-order valence-electron chi connectivity index (χ2n) is 6.51. The fourth-order valence-corrected chi connectivity index (χ4v) is 3.96. The fraction of sp³-hybridized carbons (Fsp3) is 0.238. The van der Waals surface area contributed by atoms with Gasteiger partial charge in [0, 0.05) is 18.1 Å². The number of aryl methyl sites for hydroxylation is 1. The summed E-state index contributed by atoms with van der Waals surface area (Å²) in [6.07, 6.45) is 0.734. The fourth-order valence-electron chi connectivity index (χ4n) is 3.11. The summed E-state index contributed by atoms with van der Waals surface area (Å²) in [5.41, 5.74) is 1.72. The van der Waals surface area contributed by atoms with E-state index in [-0.39, 0.29) is 5.91 Å². The number of hydrogen-bond donors (Lipinski definition) is 1. The van der Waals surface area contributed by atoms with Crippen molar-refractivity contribution in [1.29, 1.82) is 0 Å². The van der Waals surface area contributed by atoms with E-state index in [9.17, 15) is 4.79 Å². The maximum atomic E-state index is 13.0. The Morgan fingerprint density at radius 1 is 1.03 bits per heavy atom. The van der Waals surface area contributed by atoms with Crippen LogP contribution in [0.5, 0.6) is 17.2 Å². The van der Waals surface area contributed by atoms with E-state index < -0.39 is 0 Å². The Bertz CT molecular complexity index is 1250. The summed E-state index contributed by atoms with van der Waals surface area (Å²) < 4.78 is 17.7. The third-order valence-electron chi connectivity index (χ3n) is 4.72. The van der Waals surface area contributed by atoms with Crippen LogP contribution < -0.4 is 19.5 Å². The smallest absolute Gasteiger partial charge is 0.259 e. The quantitative estimate of drug-likeness (QED) is 0.469. The standard InChI is InChI=1S/C21H21N5O4S/c1-5-18-23-24-21-26(18)25-20(31-21)12-6-9-16(29-3)15(10-12)22-19(27)14-8-7-13(28-2)11-17(14)30-4/h6-11H,5H2,1-4H3,(H,22,27). The van der Waals surface area contributed by atoms with Crippen molar-refractivity contribution in [2.75, 3.05) is 26.6 Å². The van der Waals surface area contributed by atoms with Gasteiger partial charge in [-0.05, 0) is 30.3 Å². The second kappa shape index (κ2) is 8.60. The van der Waals surface area contributed by atoms with Crippen LogP contribution >= 0.6 is 11.3 Å². The number of hydrogen-bond acceptors (Lipinski definition) is 8. The highest BCUT2D eigenvalue weighted by Gasteiger charge is 2.18. The Morgan fingerprint density at radius 3 is 2.55 bits per heavy atom. The van der Waals surface area contributed by atoms with Gasteiger partial charge in [-0.25, -0.2) is 0 Å². The van der Waals surface area contributed by atoms with E-state index >= 15 is 0 Å². The van der Waals surface area contributed by atoms with Crippen molar-refractivity contribution < 1.29 is 19.0 Å². The van der Waals surface area contributed by atoms with Crippen LogP contribution in [0.3, 0.4) is 0 Å². The molecule has 0 saturated heterocycles. The molecule has 0 aliphatic heterocycles. The predicted molar refractivity (Wildman–Crippen MR) is 118 cm³/mol. The summed E-state index contributed by atoms with van der Waals surface area (Å²) in [6.45, 7) is 2.00. The zero-order chi connectivity index (χ0) is 22.0. The molecule has 2 aromatic heterocycles. The number of rotatable bonds is 7. The van der Waals surface area contributed by atoms with E-state index in [1.807, 2.05) is 19.1 Å². The van der Waals surface area contributed by atoms with Gasteiger partial charge >= 0.3 is 0 Å². The van der Waals surface area contributed by atoms with Gasteiger partial charge in [0.05, 0.1) is 32.6 Å². The Morgan fingerprint density at radius 2 is 1.84 bits per heavy atom. The van der Waals surface area contributed by atoms with Crippen LogP contribution in [0.25, 0.3) is 15.5 Å². The van der Waals surface area contributed by atoms with Gasteiger partial charge in [-0.3, -0.25) is 4.79 Å². The minimum absolute atomic E-state index is 0.332. The molecule has 160 valence electrons. The number of aromatic nitrogens is 4. The third-order valence-corrected chi connectivity index (χ3v) is 5.67. The van der Waals surface area contributed by atoms with Gasteiger partial charge in [-0.2, -0.15) is 9.61 Å². The van der Waals surface area contributed by atoms with Gasteiger partial charge < -0.3 is 19.5 Å². The molecule has 10 heteroatoms. The molecule has 0 aliphatic carbocycles. The van der Waals surface area contributed by atoms with Crippen LogP contribution in [0.4, 0.5) is 5.69 Å². The molecule has 2 heterocycles. The highest BCUT2D eigenvalue weighted by Crippen LogP contribution is 2.34. The van der Waals surface area contributed by atoms with E-state index in [1.54, 1.807) is 43.0 Å². The van der Waals surface area contributed by atoms with Crippen LogP contribution in [-0.2, 0) is 6.42 Å². The minimum atomic E-state index is -0.332. The lowest BCUT2D eigenvalue weighted by Gasteiger charge is -2.13. The van der Waals surface area contributed by atoms with Crippen molar-refractivity contribution in [2.24, 2.45) is 0 Å². The monoisotopic (exact) mass is 439 g/mol. The zero-order valence-corrected chi connectivity index (χ0v) is 18.3. The first-order valence-corrected chi connectivity index (χ1v) is 10.3. The highest BCUT2D eigenvalue weighted by molar-refractivity contribution is 7.19. The van der Waals surface area contributed by atoms with Crippen molar-refractivity contribution in [2.45, 2.75) is 13.3 Å². The molecule has 0 radical (unpaired) electrons. The topological polar surface area (TPSA) is 99.9 Å². The molecule has 0 bridgehead atoms. The summed E-state index contributed by atoms with van der Waals surface area (Å²) in [5.74, 6) is 2.00. The summed E-state index contributed by atoms with van der Waals surface area (Å²) in [5, 5.41) is 16.6. The third kappa shape index (κ3) is 3.89. The molecule has 0 saturated carbocycles. The lowest BCUT2D eigenvalue weighted by molar-refractivity contribution is 0.102. The maximum absolute atomic E-state index is 13.0. The van der Waals surface area contributed by atoms with Crippen molar-refractivity contribution in [3.63, 3.8) is 0 Å². The molecular weight excluding hydrogens is 418 g/mol. The number of carbonyl (C=O) groups excluding carboxylic acids is 1. The van der Waals surface area contributed by atoms with Gasteiger partial charge in [-0.15, -0.1) is 10.2 Å². The normalized spacial score (nSPS) is 10.8. The maximum Gasteiger partial charge on any atom is 0.259 e. The molecular formula is C21H21N5O4S. The van der Waals surface area contributed by atoms with E-state index in [4.69, 9.17) is 14.2 Å². The number of anilines is 1. The predicted octanol–water partition coefficient (Wildman–Crippen LogP) is 3.69. The van der Waals surface area contributed by atoms with Crippen LogP contribution in [0.1, 0.15) is 23.1 Å². The molecule has 9 nitrogen and oxygen atoms in total. The second-order valence-corrected chi connectivity index (χ2v) is 7.46. The molecule has 0 aliphatic rings. The Balaban J connectivity index is 1.68. The van der Waals surface area contributed by atoms with Crippen LogP contribution in [-0.4, -0.2) is 47.0 Å². The van der Waals surface area contributed by atoms with Crippen molar-refractivity contribution >= 4 is 27.9 Å². The molecule has 31 heavy (non-hydrogen) atoms. The SMILES string of the molecule is CCc1nnc2sc(-c3ccc(OC)c(NC(=O)c4ccc(OC)cc4OC)c3)nn12. The average Bonchev–Trinajstić information content (AvgIpc) is 3.39.